The first kappa shape index (κ1) is 99.1. The summed E-state index contributed by atoms with van der Waals surface area (Å²) in [5.74, 6) is -0.665. The molecule has 6 atom stereocenters. The van der Waals surface area contributed by atoms with Crippen molar-refractivity contribution in [2.45, 2.75) is 452 Å². The fourth-order valence-electron chi connectivity index (χ4n) is 12.7. The van der Waals surface area contributed by atoms with Crippen molar-refractivity contribution in [3.8, 4) is 0 Å². The van der Waals surface area contributed by atoms with Crippen molar-refractivity contribution in [3.63, 3.8) is 0 Å². The van der Waals surface area contributed by atoms with Gasteiger partial charge in [-0.3, -0.25) is 37.3 Å². The second-order valence-electron chi connectivity index (χ2n) is 30.2. The molecule has 0 heterocycles. The van der Waals surface area contributed by atoms with E-state index in [-0.39, 0.29) is 25.7 Å². The van der Waals surface area contributed by atoms with Crippen LogP contribution in [0.4, 0.5) is 0 Å². The van der Waals surface area contributed by atoms with E-state index in [1.54, 1.807) is 0 Å². The van der Waals surface area contributed by atoms with Crippen LogP contribution >= 0.6 is 15.6 Å². The zero-order valence-corrected chi connectivity index (χ0v) is 68.0. The highest BCUT2D eigenvalue weighted by Gasteiger charge is 2.30. The Bertz CT molecular complexity index is 1940. The highest BCUT2D eigenvalue weighted by Crippen LogP contribution is 2.45. The maximum Gasteiger partial charge on any atom is 0.472 e. The largest absolute Gasteiger partial charge is 0.472 e. The normalized spacial score (nSPS) is 14.2. The van der Waals surface area contributed by atoms with Gasteiger partial charge in [-0.25, -0.2) is 9.13 Å². The molecular weight excluding hydrogens is 1320 g/mol. The van der Waals surface area contributed by atoms with Gasteiger partial charge in [0, 0.05) is 25.7 Å². The number of unbranched alkanes of at least 4 members (excludes halogenated alkanes) is 50. The van der Waals surface area contributed by atoms with Crippen LogP contribution in [0.3, 0.4) is 0 Å². The van der Waals surface area contributed by atoms with E-state index >= 15 is 0 Å². The van der Waals surface area contributed by atoms with Crippen LogP contribution in [-0.2, 0) is 65.4 Å². The van der Waals surface area contributed by atoms with E-state index in [1.165, 1.54) is 244 Å². The van der Waals surface area contributed by atoms with E-state index < -0.39 is 97.5 Å². The minimum Gasteiger partial charge on any atom is -0.462 e. The van der Waals surface area contributed by atoms with Crippen LogP contribution in [0.2, 0.25) is 0 Å². The number of carbonyl (C=O) groups excluding carboxylic acids is 4. The lowest BCUT2D eigenvalue weighted by molar-refractivity contribution is -0.161. The number of carbonyl (C=O) groups is 4. The van der Waals surface area contributed by atoms with Crippen LogP contribution in [0.15, 0.2) is 0 Å². The number of aliphatic hydroxyl groups is 1. The van der Waals surface area contributed by atoms with Gasteiger partial charge < -0.3 is 33.8 Å². The van der Waals surface area contributed by atoms with E-state index in [2.05, 4.69) is 41.5 Å². The highest BCUT2D eigenvalue weighted by molar-refractivity contribution is 7.47. The molecule has 0 amide bonds. The number of phosphoric ester groups is 2. The van der Waals surface area contributed by atoms with Crippen molar-refractivity contribution in [1.82, 2.24) is 0 Å². The fraction of sp³-hybridized carbons (Fsp3) is 0.951. The third-order valence-corrected chi connectivity index (χ3v) is 21.5. The van der Waals surface area contributed by atoms with Crippen LogP contribution in [0.1, 0.15) is 433 Å². The topological polar surface area (TPSA) is 237 Å². The minimum absolute atomic E-state index is 0.104. The van der Waals surface area contributed by atoms with E-state index in [9.17, 15) is 43.2 Å². The molecule has 0 fully saturated rings. The Morgan fingerprint density at radius 2 is 0.505 bits per heavy atom. The summed E-state index contributed by atoms with van der Waals surface area (Å²) in [5.41, 5.74) is 0. The molecule has 0 rings (SSSR count). The molecule has 0 spiro atoms. The molecule has 0 bridgehead atoms. The molecule has 0 radical (unpaired) electrons. The van der Waals surface area contributed by atoms with Crippen molar-refractivity contribution >= 4 is 39.5 Å². The Balaban J connectivity index is 5.19. The summed E-state index contributed by atoms with van der Waals surface area (Å²) in [6, 6.07) is 0. The van der Waals surface area contributed by atoms with Crippen molar-refractivity contribution in [1.29, 1.82) is 0 Å². The summed E-state index contributed by atoms with van der Waals surface area (Å²) in [6.45, 7) is 9.54. The SMILES string of the molecule is CCCCCCCCCCCCCCCCCCCCCCCCC(=O)O[C@H](COC(=O)CCCCCCCCCCCCCCCCCCCC)COP(=O)(O)OC[C@@H](O)COP(=O)(O)OC[C@@H](COC(=O)CCCCCCCCC(C)C)OC(=O)CCCCCCCCCCC(C)CC. The first-order valence-corrected chi connectivity index (χ1v) is 45.5. The predicted molar refractivity (Wildman–Crippen MR) is 414 cm³/mol. The third-order valence-electron chi connectivity index (χ3n) is 19.6. The number of ether oxygens (including phenoxy) is 4. The van der Waals surface area contributed by atoms with Crippen LogP contribution in [0, 0.1) is 11.8 Å². The van der Waals surface area contributed by atoms with E-state index in [4.69, 9.17) is 37.0 Å². The monoisotopic (exact) mass is 1480 g/mol. The molecular formula is C82H160O17P2. The van der Waals surface area contributed by atoms with Crippen LogP contribution < -0.4 is 0 Å². The Morgan fingerprint density at radius 1 is 0.287 bits per heavy atom. The molecule has 3 unspecified atom stereocenters. The first-order chi connectivity index (χ1) is 48.9. The van der Waals surface area contributed by atoms with Gasteiger partial charge in [0.25, 0.3) is 0 Å². The number of phosphoric acid groups is 2. The zero-order valence-electron chi connectivity index (χ0n) is 66.2. The average Bonchev–Trinajstić information content (AvgIpc) is 1.000. The van der Waals surface area contributed by atoms with E-state index in [1.807, 2.05) is 0 Å². The van der Waals surface area contributed by atoms with Crippen LogP contribution in [-0.4, -0.2) is 96.7 Å². The lowest BCUT2D eigenvalue weighted by atomic mass is 9.99. The Kier molecular flexibility index (Phi) is 72.2. The van der Waals surface area contributed by atoms with Gasteiger partial charge in [-0.05, 0) is 37.5 Å². The van der Waals surface area contributed by atoms with Crippen molar-refractivity contribution in [2.75, 3.05) is 39.6 Å². The third kappa shape index (κ3) is 74.7. The second kappa shape index (κ2) is 73.6. The molecule has 19 heteroatoms. The van der Waals surface area contributed by atoms with Gasteiger partial charge >= 0.3 is 39.5 Å². The van der Waals surface area contributed by atoms with Gasteiger partial charge in [-0.1, -0.05) is 382 Å². The standard InChI is InChI=1S/C82H160O17P2/c1-7-10-12-14-16-18-20-22-24-26-28-29-30-31-33-35-37-39-41-46-54-60-66-81(86)98-77(70-92-79(84)64-58-52-45-40-38-36-34-32-27-25-23-21-19-17-15-13-11-8-2)72-96-100(88,89)94-68-76(83)69-95-101(90,91)97-73-78(71-93-80(85)65-59-53-49-48-50-56-62-74(4)5)99-82(87)67-61-55-47-43-42-44-51-57-63-75(6)9-3/h74-78,83H,7-73H2,1-6H3,(H,88,89)(H,90,91)/t75?,76-,77-,78-/m1/s1. The summed E-state index contributed by atoms with van der Waals surface area (Å²) < 4.78 is 68.7. The van der Waals surface area contributed by atoms with Gasteiger partial charge in [0.05, 0.1) is 26.4 Å². The van der Waals surface area contributed by atoms with Crippen molar-refractivity contribution in [2.24, 2.45) is 11.8 Å². The molecule has 0 aromatic rings. The van der Waals surface area contributed by atoms with Gasteiger partial charge in [0.1, 0.15) is 19.3 Å². The van der Waals surface area contributed by atoms with Crippen molar-refractivity contribution < 1.29 is 80.2 Å². The molecule has 0 aliphatic heterocycles. The summed E-state index contributed by atoms with van der Waals surface area (Å²) in [6.07, 6.45) is 64.2. The molecule has 101 heavy (non-hydrogen) atoms. The number of hydrogen-bond acceptors (Lipinski definition) is 15. The smallest absolute Gasteiger partial charge is 0.462 e. The van der Waals surface area contributed by atoms with E-state index in [0.29, 0.717) is 31.6 Å². The Morgan fingerprint density at radius 3 is 0.752 bits per heavy atom. The highest BCUT2D eigenvalue weighted by atomic mass is 31.2. The second-order valence-corrected chi connectivity index (χ2v) is 33.1. The van der Waals surface area contributed by atoms with Gasteiger partial charge in [-0.15, -0.1) is 0 Å². The molecule has 0 saturated carbocycles. The van der Waals surface area contributed by atoms with Crippen LogP contribution in [0.5, 0.6) is 0 Å². The van der Waals surface area contributed by atoms with Crippen molar-refractivity contribution in [3.05, 3.63) is 0 Å². The lowest BCUT2D eigenvalue weighted by Crippen LogP contribution is -2.30. The van der Waals surface area contributed by atoms with Gasteiger partial charge in [0.15, 0.2) is 12.2 Å². The minimum atomic E-state index is -4.96. The average molecular weight is 1480 g/mol. The summed E-state index contributed by atoms with van der Waals surface area (Å²) in [5, 5.41) is 10.6. The quantitative estimate of drug-likeness (QED) is 0.0222. The molecule has 3 N–H and O–H groups in total. The summed E-state index contributed by atoms with van der Waals surface area (Å²) >= 11 is 0. The number of aliphatic hydroxyl groups excluding tert-OH is 1. The fourth-order valence-corrected chi connectivity index (χ4v) is 14.3. The molecule has 0 aromatic carbocycles. The Labute approximate surface area is 619 Å². The number of esters is 4. The molecule has 17 nitrogen and oxygen atoms in total. The number of rotatable bonds is 81. The predicted octanol–water partition coefficient (Wildman–Crippen LogP) is 24.7. The summed E-state index contributed by atoms with van der Waals surface area (Å²) in [4.78, 5) is 73.0. The van der Waals surface area contributed by atoms with Crippen LogP contribution in [0.25, 0.3) is 0 Å². The molecule has 0 saturated heterocycles. The Hall–Kier alpha value is -1.94. The lowest BCUT2D eigenvalue weighted by Gasteiger charge is -2.21. The molecule has 0 aliphatic carbocycles. The first-order valence-electron chi connectivity index (χ1n) is 42.5. The van der Waals surface area contributed by atoms with E-state index in [0.717, 1.165) is 102 Å². The number of hydrogen-bond donors (Lipinski definition) is 3. The molecule has 600 valence electrons. The summed E-state index contributed by atoms with van der Waals surface area (Å²) in [7, 11) is -9.92. The van der Waals surface area contributed by atoms with Gasteiger partial charge in [-0.2, -0.15) is 0 Å². The molecule has 0 aliphatic rings. The zero-order chi connectivity index (χ0) is 74.2. The molecule has 0 aromatic heterocycles. The maximum absolute atomic E-state index is 13.1. The van der Waals surface area contributed by atoms with Gasteiger partial charge in [0.2, 0.25) is 0 Å². The maximum atomic E-state index is 13.1.